The monoisotopic (exact) mass is 637 g/mol. The molecule has 1 saturated heterocycles. The van der Waals surface area contributed by atoms with E-state index in [4.69, 9.17) is 15.5 Å². The number of carbonyl (C=O) groups is 2. The smallest absolute Gasteiger partial charge is 0.410 e. The first-order chi connectivity index (χ1) is 21.7. The quantitative estimate of drug-likeness (QED) is 0.302. The number of pyridine rings is 1. The molecule has 3 N–H and O–H groups in total. The van der Waals surface area contributed by atoms with E-state index in [2.05, 4.69) is 52.1 Å². The number of aromatic nitrogens is 5. The Hall–Kier alpha value is -4.20. The van der Waals surface area contributed by atoms with Gasteiger partial charge >= 0.3 is 6.09 Å². The molecule has 1 fully saturated rings. The van der Waals surface area contributed by atoms with Gasteiger partial charge in [-0.2, -0.15) is 4.98 Å². The number of piperazine rings is 1. The molecular formula is C32H51N11O3. The van der Waals surface area contributed by atoms with Crippen molar-refractivity contribution in [3.05, 3.63) is 35.3 Å². The lowest BCUT2D eigenvalue weighted by Crippen LogP contribution is -2.51. The van der Waals surface area contributed by atoms with Crippen LogP contribution >= 0.6 is 0 Å². The molecule has 46 heavy (non-hydrogen) atoms. The van der Waals surface area contributed by atoms with Gasteiger partial charge in [0.2, 0.25) is 11.9 Å². The zero-order valence-corrected chi connectivity index (χ0v) is 28.7. The number of anilines is 3. The van der Waals surface area contributed by atoms with Gasteiger partial charge in [-0.3, -0.25) is 9.69 Å². The van der Waals surface area contributed by atoms with Crippen molar-refractivity contribution in [2.45, 2.75) is 72.4 Å². The lowest BCUT2D eigenvalue weighted by Gasteiger charge is -2.36. The standard InChI is InChI=1S/C32H51N11O3/c1-9-10-23(3)36-30-37-27(33)29-35-20-25(43(29)38-30)18-24-17-22(2)28(34-19-24)42-15-13-41(14-16-42)26(44)21-39(7)11-12-40(8)31(45)46-32(4,5)6/h17,19-20,23H,9-16,18,21H2,1-8H3,(H3,33,36,37,38)/t23-/m0/s1. The van der Waals surface area contributed by atoms with Crippen molar-refractivity contribution in [3.63, 3.8) is 0 Å². The van der Waals surface area contributed by atoms with Gasteiger partial charge in [-0.15, -0.1) is 5.10 Å². The van der Waals surface area contributed by atoms with Crippen LogP contribution in [0.4, 0.5) is 22.4 Å². The average Bonchev–Trinajstić information content (AvgIpc) is 3.38. The van der Waals surface area contributed by atoms with Crippen molar-refractivity contribution in [3.8, 4) is 0 Å². The number of hydrogen-bond donors (Lipinski definition) is 2. The van der Waals surface area contributed by atoms with Crippen molar-refractivity contribution in [2.24, 2.45) is 0 Å². The van der Waals surface area contributed by atoms with Crippen molar-refractivity contribution in [2.75, 3.05) is 75.9 Å². The molecule has 1 atom stereocenters. The van der Waals surface area contributed by atoms with Crippen LogP contribution in [-0.2, 0) is 16.0 Å². The molecule has 0 aliphatic carbocycles. The maximum Gasteiger partial charge on any atom is 0.410 e. The van der Waals surface area contributed by atoms with E-state index in [1.807, 2.05) is 43.8 Å². The molecule has 3 aromatic heterocycles. The maximum absolute atomic E-state index is 13.0. The van der Waals surface area contributed by atoms with Gasteiger partial charge in [0.25, 0.3) is 0 Å². The molecule has 14 nitrogen and oxygen atoms in total. The summed E-state index contributed by atoms with van der Waals surface area (Å²) in [6.07, 6.45) is 5.99. The van der Waals surface area contributed by atoms with Crippen molar-refractivity contribution >= 4 is 35.2 Å². The van der Waals surface area contributed by atoms with E-state index in [0.29, 0.717) is 69.6 Å². The van der Waals surface area contributed by atoms with E-state index in [9.17, 15) is 9.59 Å². The maximum atomic E-state index is 13.0. The number of ether oxygens (including phenoxy) is 1. The van der Waals surface area contributed by atoms with E-state index < -0.39 is 5.60 Å². The first kappa shape index (κ1) is 34.7. The van der Waals surface area contributed by atoms with Crippen LogP contribution in [0.15, 0.2) is 18.5 Å². The first-order valence-corrected chi connectivity index (χ1v) is 16.1. The van der Waals surface area contributed by atoms with Gasteiger partial charge < -0.3 is 30.5 Å². The second-order valence-electron chi connectivity index (χ2n) is 13.3. The molecule has 4 rings (SSSR count). The van der Waals surface area contributed by atoms with Crippen LogP contribution < -0.4 is 16.0 Å². The second kappa shape index (κ2) is 14.9. The molecule has 2 amide bonds. The number of nitrogens with two attached hydrogens (primary N) is 1. The normalized spacial score (nSPS) is 14.5. The minimum atomic E-state index is -0.540. The van der Waals surface area contributed by atoms with Crippen molar-refractivity contribution < 1.29 is 14.3 Å². The summed E-state index contributed by atoms with van der Waals surface area (Å²) in [5, 5.41) is 8.01. The fourth-order valence-corrected chi connectivity index (χ4v) is 5.45. The zero-order chi connectivity index (χ0) is 33.6. The van der Waals surface area contributed by atoms with E-state index in [-0.39, 0.29) is 18.0 Å². The predicted molar refractivity (Wildman–Crippen MR) is 180 cm³/mol. The molecule has 252 valence electrons. The lowest BCUT2D eigenvalue weighted by molar-refractivity contribution is -0.132. The van der Waals surface area contributed by atoms with E-state index in [0.717, 1.165) is 35.5 Å². The third-order valence-corrected chi connectivity index (χ3v) is 7.91. The van der Waals surface area contributed by atoms with E-state index in [1.165, 1.54) is 4.90 Å². The molecule has 0 radical (unpaired) electrons. The third-order valence-electron chi connectivity index (χ3n) is 7.91. The van der Waals surface area contributed by atoms with Crippen LogP contribution in [0.3, 0.4) is 0 Å². The van der Waals surface area contributed by atoms with Gasteiger partial charge in [0.15, 0.2) is 11.5 Å². The number of nitrogens with one attached hydrogen (secondary N) is 1. The van der Waals surface area contributed by atoms with Crippen LogP contribution in [0.2, 0.25) is 0 Å². The highest BCUT2D eigenvalue weighted by Crippen LogP contribution is 2.22. The summed E-state index contributed by atoms with van der Waals surface area (Å²) in [6, 6.07) is 2.38. The van der Waals surface area contributed by atoms with Gasteiger partial charge in [-0.25, -0.2) is 19.3 Å². The Labute approximate surface area is 272 Å². The summed E-state index contributed by atoms with van der Waals surface area (Å²) >= 11 is 0. The lowest BCUT2D eigenvalue weighted by atomic mass is 10.1. The molecule has 1 aliphatic rings. The number of imidazole rings is 1. The summed E-state index contributed by atoms with van der Waals surface area (Å²) in [5.74, 6) is 1.84. The number of nitrogen functional groups attached to an aromatic ring is 1. The van der Waals surface area contributed by atoms with E-state index >= 15 is 0 Å². The van der Waals surface area contributed by atoms with Gasteiger partial charge in [0, 0.05) is 65.0 Å². The Kier molecular flexibility index (Phi) is 11.3. The Balaban J connectivity index is 1.30. The number of likely N-dealkylation sites (N-methyl/N-ethyl adjacent to an activating group) is 2. The minimum Gasteiger partial charge on any atom is -0.444 e. The second-order valence-corrected chi connectivity index (χ2v) is 13.3. The van der Waals surface area contributed by atoms with Gasteiger partial charge in [-0.1, -0.05) is 19.4 Å². The molecule has 0 bridgehead atoms. The first-order valence-electron chi connectivity index (χ1n) is 16.1. The molecule has 3 aromatic rings. The molecule has 0 unspecified atom stereocenters. The molecule has 0 saturated carbocycles. The SMILES string of the molecule is CCC[C@H](C)Nc1nc(N)c2ncc(Cc3cnc(N4CCN(C(=O)CN(C)CCN(C)C(=O)OC(C)(C)C)CC4)c(C)c3)n2n1. The molecular weight excluding hydrogens is 586 g/mol. The Morgan fingerprint density at radius 1 is 1.11 bits per heavy atom. The van der Waals surface area contributed by atoms with E-state index in [1.54, 1.807) is 17.8 Å². The summed E-state index contributed by atoms with van der Waals surface area (Å²) in [5.41, 5.74) is 9.22. The van der Waals surface area contributed by atoms with Crippen molar-refractivity contribution in [1.82, 2.24) is 39.3 Å². The number of rotatable bonds is 12. The Morgan fingerprint density at radius 3 is 2.48 bits per heavy atom. The van der Waals surface area contributed by atoms with Crippen LogP contribution in [0.1, 0.15) is 64.3 Å². The number of aryl methyl sites for hydroxylation is 1. The van der Waals surface area contributed by atoms with Crippen molar-refractivity contribution in [1.29, 1.82) is 0 Å². The van der Waals surface area contributed by atoms with Crippen LogP contribution in [0, 0.1) is 6.92 Å². The fourth-order valence-electron chi connectivity index (χ4n) is 5.45. The summed E-state index contributed by atoms with van der Waals surface area (Å²) < 4.78 is 7.17. The highest BCUT2D eigenvalue weighted by atomic mass is 16.6. The van der Waals surface area contributed by atoms with Gasteiger partial charge in [-0.05, 0) is 59.2 Å². The third kappa shape index (κ3) is 9.18. The molecule has 0 spiro atoms. The average molecular weight is 638 g/mol. The summed E-state index contributed by atoms with van der Waals surface area (Å²) in [4.78, 5) is 46.5. The zero-order valence-electron chi connectivity index (χ0n) is 28.7. The number of carbonyl (C=O) groups excluding carboxylic acids is 2. The highest BCUT2D eigenvalue weighted by Gasteiger charge is 2.25. The van der Waals surface area contributed by atoms with Gasteiger partial charge in [0.1, 0.15) is 11.4 Å². The largest absolute Gasteiger partial charge is 0.444 e. The molecule has 4 heterocycles. The van der Waals surface area contributed by atoms with Crippen LogP contribution in [0.5, 0.6) is 0 Å². The number of nitrogens with zero attached hydrogens (tertiary/aromatic N) is 9. The number of amides is 2. The Bertz CT molecular complexity index is 1490. The summed E-state index contributed by atoms with van der Waals surface area (Å²) in [7, 11) is 3.60. The fraction of sp³-hybridized carbons (Fsp3) is 0.625. The Morgan fingerprint density at radius 2 is 1.83 bits per heavy atom. The molecule has 14 heteroatoms. The highest BCUT2D eigenvalue weighted by molar-refractivity contribution is 5.78. The number of fused-ring (bicyclic) bond motifs is 1. The van der Waals surface area contributed by atoms with Crippen LogP contribution in [-0.4, -0.2) is 123 Å². The molecule has 0 aromatic carbocycles. The van der Waals surface area contributed by atoms with Crippen LogP contribution in [0.25, 0.3) is 5.65 Å². The minimum absolute atomic E-state index is 0.0813. The predicted octanol–water partition coefficient (Wildman–Crippen LogP) is 3.05. The van der Waals surface area contributed by atoms with Gasteiger partial charge in [0.05, 0.1) is 18.4 Å². The number of hydrogen-bond acceptors (Lipinski definition) is 11. The molecule has 1 aliphatic heterocycles. The summed E-state index contributed by atoms with van der Waals surface area (Å²) in [6.45, 7) is 15.9. The topological polar surface area (TPSA) is 150 Å².